The van der Waals surface area contributed by atoms with Gasteiger partial charge in [-0.15, -0.1) is 0 Å². The number of hydrogen-bond donors (Lipinski definition) is 2. The number of amides is 2. The minimum absolute atomic E-state index is 0.113. The maximum Gasteiger partial charge on any atom is 0.287 e. The zero-order valence-corrected chi connectivity index (χ0v) is 13.4. The lowest BCUT2D eigenvalue weighted by atomic mass is 10.1. The van der Waals surface area contributed by atoms with Crippen molar-refractivity contribution in [3.63, 3.8) is 0 Å². The zero-order valence-electron chi connectivity index (χ0n) is 13.4. The van der Waals surface area contributed by atoms with E-state index in [1.165, 1.54) is 29.4 Å². The lowest BCUT2D eigenvalue weighted by molar-refractivity contribution is -0.137. The van der Waals surface area contributed by atoms with Gasteiger partial charge in [-0.2, -0.15) is 5.10 Å². The van der Waals surface area contributed by atoms with Crippen LogP contribution < -0.4 is 11.1 Å². The molecule has 3 rings (SSSR count). The second-order valence-corrected chi connectivity index (χ2v) is 5.20. The van der Waals surface area contributed by atoms with Gasteiger partial charge in [0.05, 0.1) is 18.8 Å². The Kier molecular flexibility index (Phi) is 4.83. The first-order chi connectivity index (χ1) is 12.6. The average molecular weight is 354 g/mol. The van der Waals surface area contributed by atoms with Gasteiger partial charge in [0.1, 0.15) is 18.0 Å². The molecule has 2 amide bonds. The molecule has 10 heteroatoms. The molecule has 3 aromatic heterocycles. The van der Waals surface area contributed by atoms with Crippen molar-refractivity contribution in [2.24, 2.45) is 5.73 Å². The minimum Gasteiger partial charge on any atom is -0.449 e. The summed E-state index contributed by atoms with van der Waals surface area (Å²) in [6.07, 6.45) is 5.57. The summed E-state index contributed by atoms with van der Waals surface area (Å²) in [7, 11) is 0. The molecule has 1 unspecified atom stereocenters. The normalized spacial score (nSPS) is 11.7. The van der Waals surface area contributed by atoms with E-state index in [-0.39, 0.29) is 18.0 Å². The molecule has 3 N–H and O–H groups in total. The van der Waals surface area contributed by atoms with Crippen molar-refractivity contribution in [3.8, 4) is 5.82 Å². The van der Waals surface area contributed by atoms with Gasteiger partial charge in [-0.3, -0.25) is 14.4 Å². The van der Waals surface area contributed by atoms with Crippen molar-refractivity contribution in [2.45, 2.75) is 12.5 Å². The van der Waals surface area contributed by atoms with E-state index in [0.717, 1.165) is 0 Å². The molecule has 1 atom stereocenters. The van der Waals surface area contributed by atoms with Crippen molar-refractivity contribution in [2.75, 3.05) is 0 Å². The summed E-state index contributed by atoms with van der Waals surface area (Å²) in [6, 6.07) is 5.38. The van der Waals surface area contributed by atoms with Crippen molar-refractivity contribution >= 4 is 17.6 Å². The molecule has 10 nitrogen and oxygen atoms in total. The summed E-state index contributed by atoms with van der Waals surface area (Å²) >= 11 is 0. The molecule has 0 aromatic carbocycles. The van der Waals surface area contributed by atoms with E-state index < -0.39 is 23.6 Å². The molecular formula is C16H14N6O4. The maximum absolute atomic E-state index is 12.6. The Labute approximate surface area is 147 Å². The molecule has 132 valence electrons. The number of oxazole rings is 1. The number of nitrogens with one attached hydrogen (secondary N) is 1. The third-order valence-corrected chi connectivity index (χ3v) is 3.47. The largest absolute Gasteiger partial charge is 0.449 e. The fraction of sp³-hybridized carbons (Fsp3) is 0.125. The molecule has 0 aliphatic rings. The number of Topliss-reactive ketones (excluding diaryl/α,β-unsaturated/α-hetero) is 1. The number of hydrogen-bond acceptors (Lipinski definition) is 7. The molecule has 0 fully saturated rings. The minimum atomic E-state index is -1.22. The number of carbonyl (C=O) groups is 3. The number of pyridine rings is 1. The molecule has 3 heterocycles. The first-order valence-corrected chi connectivity index (χ1v) is 7.54. The molecule has 26 heavy (non-hydrogen) atoms. The first kappa shape index (κ1) is 17.0. The van der Waals surface area contributed by atoms with Gasteiger partial charge in [0.2, 0.25) is 5.78 Å². The molecule has 0 aliphatic heterocycles. The van der Waals surface area contributed by atoms with Crippen molar-refractivity contribution in [1.82, 2.24) is 25.1 Å². The maximum atomic E-state index is 12.6. The van der Waals surface area contributed by atoms with E-state index in [1.807, 2.05) is 0 Å². The van der Waals surface area contributed by atoms with Crippen molar-refractivity contribution < 1.29 is 18.8 Å². The van der Waals surface area contributed by atoms with Gasteiger partial charge in [-0.05, 0) is 18.2 Å². The summed E-state index contributed by atoms with van der Waals surface area (Å²) in [4.78, 5) is 43.9. The third kappa shape index (κ3) is 3.64. The summed E-state index contributed by atoms with van der Waals surface area (Å²) in [5.74, 6) is -2.14. The van der Waals surface area contributed by atoms with Crippen LogP contribution in [0.5, 0.6) is 0 Å². The number of nitrogens with zero attached hydrogens (tertiary/aromatic N) is 4. The van der Waals surface area contributed by atoms with E-state index >= 15 is 0 Å². The van der Waals surface area contributed by atoms with Crippen LogP contribution >= 0.6 is 0 Å². The Bertz CT molecular complexity index is 919. The number of primary amides is 1. The van der Waals surface area contributed by atoms with Gasteiger partial charge in [0.25, 0.3) is 11.8 Å². The molecule has 0 spiro atoms. The Morgan fingerprint density at radius 3 is 2.65 bits per heavy atom. The summed E-state index contributed by atoms with van der Waals surface area (Å²) < 4.78 is 6.38. The fourth-order valence-corrected chi connectivity index (χ4v) is 2.28. The quantitative estimate of drug-likeness (QED) is 0.551. The summed E-state index contributed by atoms with van der Waals surface area (Å²) in [5.41, 5.74) is 5.20. The molecule has 0 aliphatic carbocycles. The van der Waals surface area contributed by atoms with Crippen LogP contribution in [0.4, 0.5) is 0 Å². The highest BCUT2D eigenvalue weighted by Gasteiger charge is 2.28. The van der Waals surface area contributed by atoms with Crippen molar-refractivity contribution in [1.29, 1.82) is 0 Å². The zero-order chi connectivity index (χ0) is 18.5. The second-order valence-electron chi connectivity index (χ2n) is 5.20. The van der Waals surface area contributed by atoms with E-state index in [0.29, 0.717) is 5.82 Å². The van der Waals surface area contributed by atoms with E-state index in [1.54, 1.807) is 24.4 Å². The SMILES string of the molecule is NC(=O)C(=O)C(Cc1ncco1)NC(=O)c1ccnn1-c1ccccn1. The molecule has 3 aromatic rings. The molecule has 0 saturated carbocycles. The van der Waals surface area contributed by atoms with Crippen LogP contribution in [-0.2, 0) is 16.0 Å². The number of ketones is 1. The van der Waals surface area contributed by atoms with E-state index in [4.69, 9.17) is 10.2 Å². The Hall–Kier alpha value is -3.82. The number of nitrogens with two attached hydrogens (primary N) is 1. The lowest BCUT2D eigenvalue weighted by Crippen LogP contribution is -2.47. The monoisotopic (exact) mass is 354 g/mol. The number of rotatable bonds is 7. The highest BCUT2D eigenvalue weighted by Crippen LogP contribution is 2.09. The third-order valence-electron chi connectivity index (χ3n) is 3.47. The van der Waals surface area contributed by atoms with Gasteiger partial charge in [-0.1, -0.05) is 6.07 Å². The number of carbonyl (C=O) groups excluding carboxylic acids is 3. The van der Waals surface area contributed by atoms with Gasteiger partial charge in [-0.25, -0.2) is 14.6 Å². The first-order valence-electron chi connectivity index (χ1n) is 7.54. The second kappa shape index (κ2) is 7.38. The lowest BCUT2D eigenvalue weighted by Gasteiger charge is -2.15. The summed E-state index contributed by atoms with van der Waals surface area (Å²) in [5, 5.41) is 6.53. The predicted molar refractivity (Wildman–Crippen MR) is 87.0 cm³/mol. The van der Waals surface area contributed by atoms with Gasteiger partial charge >= 0.3 is 0 Å². The van der Waals surface area contributed by atoms with Crippen LogP contribution in [0.25, 0.3) is 5.82 Å². The van der Waals surface area contributed by atoms with Crippen LogP contribution in [0.3, 0.4) is 0 Å². The van der Waals surface area contributed by atoms with Gasteiger partial charge in [0, 0.05) is 6.20 Å². The van der Waals surface area contributed by atoms with Crippen LogP contribution in [-0.4, -0.2) is 43.4 Å². The topological polar surface area (TPSA) is 146 Å². The molecule has 0 radical (unpaired) electrons. The van der Waals surface area contributed by atoms with Crippen LogP contribution in [0.15, 0.2) is 53.5 Å². The van der Waals surface area contributed by atoms with Crippen LogP contribution in [0.1, 0.15) is 16.4 Å². The standard InChI is InChI=1S/C16H14N6O4/c17-15(24)14(23)10(9-13-19-7-8-26-13)21-16(25)11-4-6-20-22(11)12-3-1-2-5-18-12/h1-8,10H,9H2,(H2,17,24)(H,21,25). The average Bonchev–Trinajstić information content (AvgIpc) is 3.32. The Morgan fingerprint density at radius 1 is 1.15 bits per heavy atom. The molecule has 0 saturated heterocycles. The number of aromatic nitrogens is 4. The highest BCUT2D eigenvalue weighted by atomic mass is 16.3. The van der Waals surface area contributed by atoms with Gasteiger partial charge < -0.3 is 15.5 Å². The van der Waals surface area contributed by atoms with Gasteiger partial charge in [0.15, 0.2) is 11.7 Å². The molecule has 0 bridgehead atoms. The smallest absolute Gasteiger partial charge is 0.287 e. The van der Waals surface area contributed by atoms with Crippen LogP contribution in [0.2, 0.25) is 0 Å². The predicted octanol–water partition coefficient (Wildman–Crippen LogP) is -0.349. The Balaban J connectivity index is 1.83. The summed E-state index contributed by atoms with van der Waals surface area (Å²) in [6.45, 7) is 0. The fourth-order valence-electron chi connectivity index (χ4n) is 2.28. The van der Waals surface area contributed by atoms with Crippen LogP contribution in [0, 0.1) is 0 Å². The van der Waals surface area contributed by atoms with E-state index in [2.05, 4.69) is 20.4 Å². The van der Waals surface area contributed by atoms with E-state index in [9.17, 15) is 14.4 Å². The van der Waals surface area contributed by atoms with Crippen molar-refractivity contribution in [3.05, 3.63) is 60.7 Å². The Morgan fingerprint density at radius 2 is 2.00 bits per heavy atom. The molecular weight excluding hydrogens is 340 g/mol. The highest BCUT2D eigenvalue weighted by molar-refractivity contribution is 6.38.